The number of rotatable bonds is 7. The van der Waals surface area contributed by atoms with Crippen molar-refractivity contribution in [2.75, 3.05) is 6.61 Å². The fraction of sp³-hybridized carbons (Fsp3) is 0.800. The molecule has 0 aliphatic carbocycles. The van der Waals surface area contributed by atoms with E-state index in [-0.39, 0.29) is 19.6 Å². The molecule has 0 amide bonds. The van der Waals surface area contributed by atoms with Crippen molar-refractivity contribution in [2.45, 2.75) is 43.0 Å². The molecule has 0 saturated heterocycles. The Balaban J connectivity index is 3.42. The van der Waals surface area contributed by atoms with Crippen LogP contribution in [0.2, 0.25) is 0 Å². The third-order valence-corrected chi connectivity index (χ3v) is 2.69. The Morgan fingerprint density at radius 1 is 1.00 bits per heavy atom. The second kappa shape index (κ2) is 6.25. The van der Waals surface area contributed by atoms with Crippen LogP contribution in [0.5, 0.6) is 0 Å². The molecule has 0 aromatic carbocycles. The fourth-order valence-corrected chi connectivity index (χ4v) is 1.52. The van der Waals surface area contributed by atoms with E-state index in [9.17, 15) is 48.3 Å². The molecule has 1 aromatic rings. The Morgan fingerprint density at radius 3 is 1.88 bits per heavy atom. The van der Waals surface area contributed by atoms with Crippen LogP contribution >= 0.6 is 0 Å². The smallest absolute Gasteiger partial charge is 0.309 e. The van der Waals surface area contributed by atoms with Crippen molar-refractivity contribution in [1.29, 1.82) is 0 Å². The van der Waals surface area contributed by atoms with Gasteiger partial charge in [0.15, 0.2) is 0 Å². The van der Waals surface area contributed by atoms with Gasteiger partial charge in [-0.25, -0.2) is 27.2 Å². The minimum absolute atomic E-state index is 0.0466. The minimum atomic E-state index is -6.62. The van der Waals surface area contributed by atoms with Crippen LogP contribution in [0.1, 0.15) is 6.92 Å². The van der Waals surface area contributed by atoms with Crippen molar-refractivity contribution < 1.29 is 53.0 Å². The average molecular weight is 395 g/mol. The van der Waals surface area contributed by atoms with Gasteiger partial charge in [0, 0.05) is 6.92 Å². The quantitative estimate of drug-likeness (QED) is 0.662. The van der Waals surface area contributed by atoms with E-state index in [0.29, 0.717) is 0 Å². The molecule has 15 heteroatoms. The number of hydrogen-bond acceptors (Lipinski definition) is 3. The van der Waals surface area contributed by atoms with E-state index in [1.54, 1.807) is 0 Å². The maximum Gasteiger partial charge on any atom is 0.425 e. The van der Waals surface area contributed by atoms with E-state index >= 15 is 0 Å². The summed E-state index contributed by atoms with van der Waals surface area (Å²) in [6.07, 6.45) is -17.9. The summed E-state index contributed by atoms with van der Waals surface area (Å²) in [5.74, 6) is -16.6. The lowest BCUT2D eigenvalue weighted by Crippen LogP contribution is -2.65. The standard InChI is InChI=1S/C10H8F11N3O/c1-6(12,13)2-25-10(20,21)9(18,19)7(14,5(11)8(15,16)17)24-4-22-3-23-24/h3-5H,2H2,1H3. The monoisotopic (exact) mass is 395 g/mol. The predicted molar refractivity (Wildman–Crippen MR) is 56.5 cm³/mol. The Hall–Kier alpha value is -1.67. The second-order valence-electron chi connectivity index (χ2n) is 4.87. The van der Waals surface area contributed by atoms with Crippen LogP contribution in [-0.2, 0) is 10.5 Å². The number of halogens is 11. The zero-order valence-corrected chi connectivity index (χ0v) is 11.8. The fourth-order valence-electron chi connectivity index (χ4n) is 1.52. The molecule has 0 aliphatic heterocycles. The van der Waals surface area contributed by atoms with Crippen LogP contribution in [-0.4, -0.2) is 51.7 Å². The number of nitrogens with zero attached hydrogens (tertiary/aromatic N) is 3. The van der Waals surface area contributed by atoms with Crippen molar-refractivity contribution in [1.82, 2.24) is 14.8 Å². The Kier molecular flexibility index (Phi) is 5.34. The zero-order valence-electron chi connectivity index (χ0n) is 11.8. The average Bonchev–Trinajstić information content (AvgIpc) is 2.96. The van der Waals surface area contributed by atoms with Crippen LogP contribution in [0.3, 0.4) is 0 Å². The number of ether oxygens (including phenoxy) is 1. The Morgan fingerprint density at radius 2 is 1.52 bits per heavy atom. The summed E-state index contributed by atoms with van der Waals surface area (Å²) in [4.78, 5) is 2.77. The van der Waals surface area contributed by atoms with Gasteiger partial charge in [0.1, 0.15) is 19.3 Å². The Labute approximate surface area is 131 Å². The molecule has 0 radical (unpaired) electrons. The summed E-state index contributed by atoms with van der Waals surface area (Å²) in [6, 6.07) is 0. The highest BCUT2D eigenvalue weighted by Crippen LogP contribution is 2.53. The molecule has 146 valence electrons. The van der Waals surface area contributed by atoms with Crippen LogP contribution in [0.4, 0.5) is 48.3 Å². The van der Waals surface area contributed by atoms with Gasteiger partial charge in [-0.15, -0.1) is 0 Å². The topological polar surface area (TPSA) is 39.9 Å². The molecule has 0 saturated carbocycles. The number of hydrogen-bond donors (Lipinski definition) is 0. The largest absolute Gasteiger partial charge is 0.425 e. The normalized spacial score (nSPS) is 18.1. The number of aromatic nitrogens is 3. The predicted octanol–water partition coefficient (Wildman–Crippen LogP) is 3.70. The highest BCUT2D eigenvalue weighted by Gasteiger charge is 2.80. The first-order valence-corrected chi connectivity index (χ1v) is 5.99. The van der Waals surface area contributed by atoms with E-state index in [2.05, 4.69) is 14.8 Å². The van der Waals surface area contributed by atoms with Gasteiger partial charge in [0.25, 0.3) is 12.1 Å². The lowest BCUT2D eigenvalue weighted by molar-refractivity contribution is -0.420. The van der Waals surface area contributed by atoms with Crippen LogP contribution < -0.4 is 0 Å². The van der Waals surface area contributed by atoms with Crippen LogP contribution in [0.15, 0.2) is 12.7 Å². The second-order valence-corrected chi connectivity index (χ2v) is 4.87. The van der Waals surface area contributed by atoms with Gasteiger partial charge in [0.05, 0.1) is 0 Å². The van der Waals surface area contributed by atoms with Gasteiger partial charge >= 0.3 is 24.0 Å². The summed E-state index contributed by atoms with van der Waals surface area (Å²) in [7, 11) is 0. The molecule has 1 rings (SSSR count). The van der Waals surface area contributed by atoms with E-state index < -0.39 is 47.4 Å². The summed E-state index contributed by atoms with van der Waals surface area (Å²) in [5.41, 5.74) is 0. The van der Waals surface area contributed by atoms with E-state index in [4.69, 9.17) is 0 Å². The first-order valence-electron chi connectivity index (χ1n) is 5.99. The van der Waals surface area contributed by atoms with Crippen molar-refractivity contribution in [2.24, 2.45) is 0 Å². The van der Waals surface area contributed by atoms with Gasteiger partial charge in [-0.3, -0.25) is 0 Å². The van der Waals surface area contributed by atoms with Crippen molar-refractivity contribution in [3.8, 4) is 0 Å². The molecule has 0 bridgehead atoms. The van der Waals surface area contributed by atoms with Crippen LogP contribution in [0.25, 0.3) is 0 Å². The molecular formula is C10H8F11N3O. The lowest BCUT2D eigenvalue weighted by atomic mass is 10.00. The molecule has 4 nitrogen and oxygen atoms in total. The van der Waals surface area contributed by atoms with E-state index in [1.165, 1.54) is 0 Å². The van der Waals surface area contributed by atoms with E-state index in [0.717, 1.165) is 0 Å². The summed E-state index contributed by atoms with van der Waals surface area (Å²) >= 11 is 0. The maximum atomic E-state index is 14.4. The molecule has 0 aliphatic rings. The van der Waals surface area contributed by atoms with Gasteiger partial charge in [0.2, 0.25) is 0 Å². The van der Waals surface area contributed by atoms with Gasteiger partial charge in [-0.1, -0.05) is 0 Å². The minimum Gasteiger partial charge on any atom is -0.309 e. The highest BCUT2D eigenvalue weighted by atomic mass is 19.4. The maximum absolute atomic E-state index is 14.4. The highest BCUT2D eigenvalue weighted by molar-refractivity contribution is 5.02. The van der Waals surface area contributed by atoms with Crippen molar-refractivity contribution in [3.05, 3.63) is 12.7 Å². The van der Waals surface area contributed by atoms with Gasteiger partial charge in [-0.2, -0.15) is 35.8 Å². The molecule has 0 spiro atoms. The van der Waals surface area contributed by atoms with Crippen molar-refractivity contribution >= 4 is 0 Å². The SMILES string of the molecule is CC(F)(F)COC(F)(F)C(F)(F)C(F)(C(F)C(F)(F)F)n1cncn1. The lowest BCUT2D eigenvalue weighted by Gasteiger charge is -2.39. The molecule has 25 heavy (non-hydrogen) atoms. The van der Waals surface area contributed by atoms with Crippen molar-refractivity contribution in [3.63, 3.8) is 0 Å². The molecule has 2 atom stereocenters. The van der Waals surface area contributed by atoms with E-state index in [1.807, 2.05) is 0 Å². The Bertz CT molecular complexity index is 568. The molecule has 1 heterocycles. The van der Waals surface area contributed by atoms with Gasteiger partial charge < -0.3 is 4.74 Å². The summed E-state index contributed by atoms with van der Waals surface area (Å²) in [5, 5.41) is 2.49. The first kappa shape index (κ1) is 21.4. The molecule has 0 fully saturated rings. The zero-order chi connectivity index (χ0) is 19.9. The summed E-state index contributed by atoms with van der Waals surface area (Å²) in [6.45, 7) is -2.46. The third kappa shape index (κ3) is 3.95. The molecule has 1 aromatic heterocycles. The summed E-state index contributed by atoms with van der Waals surface area (Å²) < 4.78 is 146. The third-order valence-electron chi connectivity index (χ3n) is 2.69. The molecular weight excluding hydrogens is 387 g/mol. The molecule has 0 N–H and O–H groups in total. The number of alkyl halides is 11. The molecule has 2 unspecified atom stereocenters. The first-order chi connectivity index (χ1) is 11.0. The van der Waals surface area contributed by atoms with Gasteiger partial charge in [-0.05, 0) is 0 Å². The van der Waals surface area contributed by atoms with Crippen LogP contribution in [0, 0.1) is 0 Å².